The zero-order chi connectivity index (χ0) is 12.3. The number of hydrogen-bond acceptors (Lipinski definition) is 4. The van der Waals surface area contributed by atoms with Gasteiger partial charge in [0.05, 0.1) is 25.3 Å². The van der Waals surface area contributed by atoms with E-state index in [1.165, 1.54) is 6.92 Å². The van der Waals surface area contributed by atoms with Gasteiger partial charge in [0.25, 0.3) is 5.56 Å². The minimum atomic E-state index is -0.194. The molecule has 0 radical (unpaired) electrons. The van der Waals surface area contributed by atoms with Crippen LogP contribution < -0.4 is 15.8 Å². The number of rotatable bonds is 3. The van der Waals surface area contributed by atoms with Gasteiger partial charge in [-0.15, -0.1) is 0 Å². The van der Waals surface area contributed by atoms with E-state index in [1.54, 1.807) is 0 Å². The van der Waals surface area contributed by atoms with E-state index in [1.807, 2.05) is 4.90 Å². The summed E-state index contributed by atoms with van der Waals surface area (Å²) in [5.74, 6) is 0.588. The Bertz CT molecular complexity index is 445. The molecule has 17 heavy (non-hydrogen) atoms. The van der Waals surface area contributed by atoms with Crippen LogP contribution in [0.15, 0.2) is 4.79 Å². The summed E-state index contributed by atoms with van der Waals surface area (Å²) in [7, 11) is 0. The average Bonchev–Trinajstić information content (AvgIpc) is 2.69. The van der Waals surface area contributed by atoms with Crippen LogP contribution in [0.2, 0.25) is 0 Å². The van der Waals surface area contributed by atoms with Crippen molar-refractivity contribution in [2.75, 3.05) is 31.2 Å². The molecule has 0 atom stereocenters. The summed E-state index contributed by atoms with van der Waals surface area (Å²) in [5.41, 5.74) is 0.363. The maximum Gasteiger partial charge on any atom is 0.271 e. The van der Waals surface area contributed by atoms with Crippen molar-refractivity contribution in [3.8, 4) is 0 Å². The second kappa shape index (κ2) is 5.05. The van der Waals surface area contributed by atoms with Crippen LogP contribution in [0.1, 0.15) is 12.5 Å². The highest BCUT2D eigenvalue weighted by Crippen LogP contribution is 2.14. The van der Waals surface area contributed by atoms with Gasteiger partial charge in [-0.3, -0.25) is 19.8 Å². The number of anilines is 1. The predicted molar refractivity (Wildman–Crippen MR) is 62.0 cm³/mol. The number of carbonyl (C=O) groups excluding carboxylic acids is 1. The molecular weight excluding hydrogens is 224 g/mol. The lowest BCUT2D eigenvalue weighted by Crippen LogP contribution is -2.37. The first-order chi connectivity index (χ1) is 8.18. The van der Waals surface area contributed by atoms with Gasteiger partial charge >= 0.3 is 0 Å². The summed E-state index contributed by atoms with van der Waals surface area (Å²) in [6.07, 6.45) is 0. The van der Waals surface area contributed by atoms with Crippen LogP contribution in [-0.2, 0) is 16.1 Å². The number of nitrogens with zero attached hydrogens (tertiary/aromatic N) is 1. The third-order valence-corrected chi connectivity index (χ3v) is 2.70. The van der Waals surface area contributed by atoms with Crippen LogP contribution in [0.5, 0.6) is 0 Å². The number of hydrogen-bond donors (Lipinski definition) is 3. The van der Waals surface area contributed by atoms with E-state index in [2.05, 4.69) is 15.5 Å². The van der Waals surface area contributed by atoms with Crippen LogP contribution in [-0.4, -0.2) is 42.4 Å². The molecule has 3 N–H and O–H groups in total. The molecule has 7 heteroatoms. The summed E-state index contributed by atoms with van der Waals surface area (Å²) >= 11 is 0. The van der Waals surface area contributed by atoms with Gasteiger partial charge in [-0.05, 0) is 0 Å². The van der Waals surface area contributed by atoms with E-state index in [-0.39, 0.29) is 18.0 Å². The van der Waals surface area contributed by atoms with E-state index < -0.39 is 0 Å². The van der Waals surface area contributed by atoms with Gasteiger partial charge in [-0.1, -0.05) is 0 Å². The van der Waals surface area contributed by atoms with Crippen LogP contribution >= 0.6 is 0 Å². The molecule has 1 aliphatic heterocycles. The van der Waals surface area contributed by atoms with Crippen molar-refractivity contribution in [3.63, 3.8) is 0 Å². The van der Waals surface area contributed by atoms with Gasteiger partial charge in [0.1, 0.15) is 5.82 Å². The Balaban J connectivity index is 2.15. The van der Waals surface area contributed by atoms with Gasteiger partial charge in [-0.25, -0.2) is 0 Å². The highest BCUT2D eigenvalue weighted by atomic mass is 16.5. The molecule has 0 aliphatic carbocycles. The van der Waals surface area contributed by atoms with Gasteiger partial charge in [0.2, 0.25) is 5.91 Å². The highest BCUT2D eigenvalue weighted by Gasteiger charge is 2.18. The lowest BCUT2D eigenvalue weighted by molar-refractivity contribution is -0.119. The Labute approximate surface area is 98.1 Å². The second-order valence-electron chi connectivity index (χ2n) is 3.92. The van der Waals surface area contributed by atoms with Gasteiger partial charge in [0, 0.05) is 20.0 Å². The number of ether oxygens (including phenoxy) is 1. The number of aromatic amines is 2. The standard InChI is InChI=1S/C10H16N4O3/c1-7(15)11-6-8-9(12-13-10(8)16)14-2-4-17-5-3-14/h2-6H2,1H3,(H,11,15)(H2,12,13,16). The summed E-state index contributed by atoms with van der Waals surface area (Å²) in [5, 5.41) is 8.02. The summed E-state index contributed by atoms with van der Waals surface area (Å²) in [6, 6.07) is 0. The van der Waals surface area contributed by atoms with Crippen LogP contribution in [0.3, 0.4) is 0 Å². The molecule has 1 fully saturated rings. The molecule has 94 valence electrons. The molecule has 1 saturated heterocycles. The third-order valence-electron chi connectivity index (χ3n) is 2.70. The van der Waals surface area contributed by atoms with Crippen molar-refractivity contribution in [2.24, 2.45) is 0 Å². The molecule has 1 aromatic heterocycles. The minimum absolute atomic E-state index is 0.154. The Hall–Kier alpha value is -1.76. The Morgan fingerprint density at radius 1 is 1.41 bits per heavy atom. The SMILES string of the molecule is CC(=O)NCc1c(N2CCOCC2)[nH][nH]c1=O. The first kappa shape index (κ1) is 11.7. The van der Waals surface area contributed by atoms with Crippen molar-refractivity contribution in [3.05, 3.63) is 15.9 Å². The van der Waals surface area contributed by atoms with E-state index in [0.717, 1.165) is 18.9 Å². The number of amides is 1. The quantitative estimate of drug-likeness (QED) is 0.643. The molecule has 1 aromatic rings. The molecule has 0 unspecified atom stereocenters. The maximum atomic E-state index is 11.6. The summed E-state index contributed by atoms with van der Waals surface area (Å²) < 4.78 is 5.25. The topological polar surface area (TPSA) is 90.2 Å². The van der Waals surface area contributed by atoms with E-state index in [0.29, 0.717) is 18.8 Å². The fraction of sp³-hybridized carbons (Fsp3) is 0.600. The minimum Gasteiger partial charge on any atom is -0.378 e. The number of morpholine rings is 1. The van der Waals surface area contributed by atoms with Crippen molar-refractivity contribution in [1.82, 2.24) is 15.5 Å². The van der Waals surface area contributed by atoms with Crippen LogP contribution in [0.4, 0.5) is 5.82 Å². The van der Waals surface area contributed by atoms with Gasteiger partial charge in [0.15, 0.2) is 0 Å². The average molecular weight is 240 g/mol. The smallest absolute Gasteiger partial charge is 0.271 e. The molecule has 2 heterocycles. The largest absolute Gasteiger partial charge is 0.378 e. The summed E-state index contributed by atoms with van der Waals surface area (Å²) in [4.78, 5) is 24.5. The van der Waals surface area contributed by atoms with E-state index in [4.69, 9.17) is 4.74 Å². The molecule has 0 saturated carbocycles. The number of nitrogens with one attached hydrogen (secondary N) is 3. The van der Waals surface area contributed by atoms with Crippen LogP contribution in [0, 0.1) is 0 Å². The van der Waals surface area contributed by atoms with Crippen molar-refractivity contribution in [1.29, 1.82) is 0 Å². The first-order valence-electron chi connectivity index (χ1n) is 5.55. The normalized spacial score (nSPS) is 15.9. The molecule has 1 aliphatic rings. The fourth-order valence-electron chi connectivity index (χ4n) is 1.81. The molecule has 0 bridgehead atoms. The Kier molecular flexibility index (Phi) is 3.48. The lowest BCUT2D eigenvalue weighted by Gasteiger charge is -2.28. The zero-order valence-electron chi connectivity index (χ0n) is 9.71. The predicted octanol–water partition coefficient (Wildman–Crippen LogP) is -0.824. The fourth-order valence-corrected chi connectivity index (χ4v) is 1.81. The van der Waals surface area contributed by atoms with Gasteiger partial charge < -0.3 is 15.0 Å². The zero-order valence-corrected chi connectivity index (χ0v) is 9.71. The molecule has 1 amide bonds. The first-order valence-corrected chi connectivity index (χ1v) is 5.55. The van der Waals surface area contributed by atoms with E-state index >= 15 is 0 Å². The van der Waals surface area contributed by atoms with Crippen molar-refractivity contribution >= 4 is 11.7 Å². The third kappa shape index (κ3) is 2.68. The molecule has 0 spiro atoms. The molecule has 7 nitrogen and oxygen atoms in total. The van der Waals surface area contributed by atoms with E-state index in [9.17, 15) is 9.59 Å². The monoisotopic (exact) mass is 240 g/mol. The maximum absolute atomic E-state index is 11.6. The Morgan fingerprint density at radius 3 is 2.76 bits per heavy atom. The van der Waals surface area contributed by atoms with Crippen LogP contribution in [0.25, 0.3) is 0 Å². The molecular formula is C10H16N4O3. The molecule has 0 aromatic carbocycles. The highest BCUT2D eigenvalue weighted by molar-refractivity contribution is 5.73. The van der Waals surface area contributed by atoms with Crippen molar-refractivity contribution in [2.45, 2.75) is 13.5 Å². The second-order valence-corrected chi connectivity index (χ2v) is 3.92. The lowest BCUT2D eigenvalue weighted by atomic mass is 10.2. The molecule has 2 rings (SSSR count). The van der Waals surface area contributed by atoms with Gasteiger partial charge in [-0.2, -0.15) is 0 Å². The summed E-state index contributed by atoms with van der Waals surface area (Å²) in [6.45, 7) is 4.43. The Morgan fingerprint density at radius 2 is 2.12 bits per heavy atom. The number of H-pyrrole nitrogens is 2. The number of carbonyl (C=O) groups is 1. The van der Waals surface area contributed by atoms with Crippen molar-refractivity contribution < 1.29 is 9.53 Å². The number of aromatic nitrogens is 2.